The molecule has 0 aliphatic heterocycles. The van der Waals surface area contributed by atoms with E-state index in [1.54, 1.807) is 23.2 Å². The Kier molecular flexibility index (Phi) is 3.06. The zero-order chi connectivity index (χ0) is 10.7. The van der Waals surface area contributed by atoms with Crippen LogP contribution in [0.1, 0.15) is 16.1 Å². The minimum absolute atomic E-state index is 0.00991. The third-order valence-electron chi connectivity index (χ3n) is 2.02. The highest BCUT2D eigenvalue weighted by molar-refractivity contribution is 6.05. The molecule has 0 fully saturated rings. The zero-order valence-electron chi connectivity index (χ0n) is 8.98. The number of allylic oxidation sites excluding steroid dienone is 1. The van der Waals surface area contributed by atoms with Crippen LogP contribution in [0.4, 0.5) is 0 Å². The zero-order valence-corrected chi connectivity index (χ0v) is 8.98. The molecule has 4 nitrogen and oxygen atoms in total. The smallest absolute Gasteiger partial charge is 0.190 e. The Morgan fingerprint density at radius 2 is 2.21 bits per heavy atom. The lowest BCUT2D eigenvalue weighted by Gasteiger charge is -2.02. The highest BCUT2D eigenvalue weighted by atomic mass is 16.1. The Bertz CT molecular complexity index is 363. The number of rotatable bonds is 3. The van der Waals surface area contributed by atoms with E-state index < -0.39 is 0 Å². The molecule has 1 rings (SSSR count). The van der Waals surface area contributed by atoms with Crippen LogP contribution < -0.4 is 0 Å². The second kappa shape index (κ2) is 4.09. The number of ketones is 1. The number of carbonyl (C=O) groups excluding carboxylic acids is 1. The van der Waals surface area contributed by atoms with Gasteiger partial charge in [-0.15, -0.1) is 0 Å². The van der Waals surface area contributed by atoms with Crippen molar-refractivity contribution in [3.63, 3.8) is 0 Å². The van der Waals surface area contributed by atoms with Gasteiger partial charge in [0.05, 0.1) is 11.8 Å². The molecule has 0 saturated carbocycles. The fourth-order valence-electron chi connectivity index (χ4n) is 1.05. The van der Waals surface area contributed by atoms with E-state index in [1.807, 2.05) is 33.0 Å². The number of carbonyl (C=O) groups is 1. The molecule has 0 unspecified atom stereocenters. The summed E-state index contributed by atoms with van der Waals surface area (Å²) >= 11 is 0. The molecule has 76 valence electrons. The Hall–Kier alpha value is -1.58. The molecule has 0 amide bonds. The minimum Gasteiger partial charge on any atom is -0.383 e. The number of aromatic nitrogens is 2. The van der Waals surface area contributed by atoms with E-state index in [9.17, 15) is 4.79 Å². The van der Waals surface area contributed by atoms with Crippen LogP contribution in [0, 0.1) is 6.92 Å². The molecule has 0 aliphatic carbocycles. The molecule has 1 heterocycles. The summed E-state index contributed by atoms with van der Waals surface area (Å²) in [6.45, 7) is 1.88. The van der Waals surface area contributed by atoms with E-state index >= 15 is 0 Å². The van der Waals surface area contributed by atoms with Gasteiger partial charge in [0.2, 0.25) is 0 Å². The first-order valence-electron chi connectivity index (χ1n) is 4.40. The van der Waals surface area contributed by atoms with Crippen molar-refractivity contribution in [3.05, 3.63) is 29.7 Å². The van der Waals surface area contributed by atoms with Crippen molar-refractivity contribution < 1.29 is 4.79 Å². The summed E-state index contributed by atoms with van der Waals surface area (Å²) in [7, 11) is 5.57. The first-order valence-corrected chi connectivity index (χ1v) is 4.40. The van der Waals surface area contributed by atoms with Gasteiger partial charge in [-0.25, -0.2) is 0 Å². The van der Waals surface area contributed by atoms with Gasteiger partial charge in [-0.1, -0.05) is 0 Å². The van der Waals surface area contributed by atoms with Crippen LogP contribution in [0.5, 0.6) is 0 Å². The third kappa shape index (κ3) is 2.22. The maximum atomic E-state index is 11.6. The summed E-state index contributed by atoms with van der Waals surface area (Å²) in [6, 6.07) is 0. The Labute approximate surface area is 83.8 Å². The van der Waals surface area contributed by atoms with Gasteiger partial charge in [-0.05, 0) is 6.92 Å². The second-order valence-electron chi connectivity index (χ2n) is 3.41. The van der Waals surface area contributed by atoms with Crippen molar-refractivity contribution in [3.8, 4) is 0 Å². The fraction of sp³-hybridized carbons (Fsp3) is 0.400. The van der Waals surface area contributed by atoms with Gasteiger partial charge in [0.1, 0.15) is 0 Å². The van der Waals surface area contributed by atoms with Gasteiger partial charge < -0.3 is 4.90 Å². The normalized spacial score (nSPS) is 10.9. The summed E-state index contributed by atoms with van der Waals surface area (Å²) in [4.78, 5) is 13.4. The van der Waals surface area contributed by atoms with Crippen molar-refractivity contribution in [2.75, 3.05) is 14.1 Å². The summed E-state index contributed by atoms with van der Waals surface area (Å²) < 4.78 is 1.69. The lowest BCUT2D eigenvalue weighted by Crippen LogP contribution is -2.04. The Morgan fingerprint density at radius 1 is 1.57 bits per heavy atom. The lowest BCUT2D eigenvalue weighted by atomic mass is 10.2. The standard InChI is InChI=1S/C10H15N3O/c1-8-9(7-11-13(8)4)10(14)5-6-12(2)3/h5-7H,1-4H3. The van der Waals surface area contributed by atoms with E-state index in [1.165, 1.54) is 0 Å². The molecule has 1 aromatic rings. The fourth-order valence-corrected chi connectivity index (χ4v) is 1.05. The van der Waals surface area contributed by atoms with Crippen molar-refractivity contribution in [1.29, 1.82) is 0 Å². The SMILES string of the molecule is Cc1c(C(=O)C=CN(C)C)cnn1C. The average Bonchev–Trinajstić information content (AvgIpc) is 2.44. The van der Waals surface area contributed by atoms with E-state index in [4.69, 9.17) is 0 Å². The van der Waals surface area contributed by atoms with Gasteiger partial charge in [0.15, 0.2) is 5.78 Å². The third-order valence-corrected chi connectivity index (χ3v) is 2.02. The molecule has 0 aliphatic rings. The Morgan fingerprint density at radius 3 is 2.64 bits per heavy atom. The van der Waals surface area contributed by atoms with E-state index in [0.717, 1.165) is 5.69 Å². The molecule has 0 spiro atoms. The van der Waals surface area contributed by atoms with E-state index in [0.29, 0.717) is 5.56 Å². The molecule has 0 aromatic carbocycles. The van der Waals surface area contributed by atoms with Crippen LogP contribution in [-0.2, 0) is 7.05 Å². The molecule has 0 N–H and O–H groups in total. The van der Waals surface area contributed by atoms with Gasteiger partial charge in [-0.2, -0.15) is 5.10 Å². The first-order chi connectivity index (χ1) is 6.52. The average molecular weight is 193 g/mol. The molecule has 4 heteroatoms. The summed E-state index contributed by atoms with van der Waals surface area (Å²) in [6.07, 6.45) is 4.87. The van der Waals surface area contributed by atoms with Crippen molar-refractivity contribution in [1.82, 2.24) is 14.7 Å². The van der Waals surface area contributed by atoms with Crippen LogP contribution in [-0.4, -0.2) is 34.6 Å². The maximum absolute atomic E-state index is 11.6. The topological polar surface area (TPSA) is 38.1 Å². The number of aryl methyl sites for hydroxylation is 1. The summed E-state index contributed by atoms with van der Waals surface area (Å²) in [5, 5.41) is 4.01. The van der Waals surface area contributed by atoms with Crippen LogP contribution in [0.2, 0.25) is 0 Å². The molecule has 0 radical (unpaired) electrons. The molecular formula is C10H15N3O. The van der Waals surface area contributed by atoms with E-state index in [2.05, 4.69) is 5.10 Å². The lowest BCUT2D eigenvalue weighted by molar-refractivity contribution is 0.104. The predicted molar refractivity (Wildman–Crippen MR) is 55.1 cm³/mol. The van der Waals surface area contributed by atoms with E-state index in [-0.39, 0.29) is 5.78 Å². The minimum atomic E-state index is -0.00991. The molecule has 14 heavy (non-hydrogen) atoms. The van der Waals surface area contributed by atoms with Gasteiger partial charge in [0.25, 0.3) is 0 Å². The van der Waals surface area contributed by atoms with Crippen LogP contribution in [0.15, 0.2) is 18.5 Å². The van der Waals surface area contributed by atoms with Crippen molar-refractivity contribution in [2.45, 2.75) is 6.92 Å². The maximum Gasteiger partial charge on any atom is 0.190 e. The highest BCUT2D eigenvalue weighted by Gasteiger charge is 2.09. The van der Waals surface area contributed by atoms with Crippen LogP contribution >= 0.6 is 0 Å². The van der Waals surface area contributed by atoms with Crippen molar-refractivity contribution in [2.24, 2.45) is 7.05 Å². The molecule has 0 atom stereocenters. The number of nitrogens with zero attached hydrogens (tertiary/aromatic N) is 3. The quantitative estimate of drug-likeness (QED) is 0.530. The largest absolute Gasteiger partial charge is 0.383 e. The Balaban J connectivity index is 2.85. The van der Waals surface area contributed by atoms with Gasteiger partial charge >= 0.3 is 0 Å². The number of hydrogen-bond donors (Lipinski definition) is 0. The second-order valence-corrected chi connectivity index (χ2v) is 3.41. The molecule has 1 aromatic heterocycles. The summed E-state index contributed by atoms with van der Waals surface area (Å²) in [5.41, 5.74) is 1.55. The monoisotopic (exact) mass is 193 g/mol. The van der Waals surface area contributed by atoms with Crippen LogP contribution in [0.3, 0.4) is 0 Å². The predicted octanol–water partition coefficient (Wildman–Crippen LogP) is 0.987. The molecular weight excluding hydrogens is 178 g/mol. The first kappa shape index (κ1) is 10.5. The summed E-state index contributed by atoms with van der Waals surface area (Å²) in [5.74, 6) is -0.00991. The van der Waals surface area contributed by atoms with Gasteiger partial charge in [-0.3, -0.25) is 9.48 Å². The number of hydrogen-bond acceptors (Lipinski definition) is 3. The molecule has 0 saturated heterocycles. The van der Waals surface area contributed by atoms with Gasteiger partial charge in [0, 0.05) is 39.1 Å². The molecule has 0 bridgehead atoms. The van der Waals surface area contributed by atoms with Crippen LogP contribution in [0.25, 0.3) is 0 Å². The highest BCUT2D eigenvalue weighted by Crippen LogP contribution is 2.07. The van der Waals surface area contributed by atoms with Crippen molar-refractivity contribution >= 4 is 5.78 Å².